The van der Waals surface area contributed by atoms with Crippen LogP contribution in [0, 0.1) is 5.92 Å². The molecule has 0 saturated carbocycles. The first kappa shape index (κ1) is 16.6. The van der Waals surface area contributed by atoms with Gasteiger partial charge in [0, 0.05) is 29.3 Å². The van der Waals surface area contributed by atoms with Gasteiger partial charge in [0.15, 0.2) is 0 Å². The highest BCUT2D eigenvalue weighted by Gasteiger charge is 2.18. The summed E-state index contributed by atoms with van der Waals surface area (Å²) in [7, 11) is 1.62. The third kappa shape index (κ3) is 4.89. The van der Waals surface area contributed by atoms with Crippen LogP contribution in [0.15, 0.2) is 29.2 Å². The lowest BCUT2D eigenvalue weighted by Gasteiger charge is -2.19. The predicted molar refractivity (Wildman–Crippen MR) is 81.2 cm³/mol. The molecule has 0 heterocycles. The molecule has 20 heavy (non-hydrogen) atoms. The topological polar surface area (TPSA) is 57.6 Å². The van der Waals surface area contributed by atoms with Gasteiger partial charge in [-0.05, 0) is 24.3 Å². The van der Waals surface area contributed by atoms with Crippen LogP contribution in [0.25, 0.3) is 0 Å². The molecular formula is C15H21NO3S. The average molecular weight is 295 g/mol. The second kappa shape index (κ2) is 7.33. The third-order valence-corrected chi connectivity index (χ3v) is 3.80. The number of carboxylic acid groups (broad SMARTS) is 1. The molecule has 1 N–H and O–H groups in total. The quantitative estimate of drug-likeness (QED) is 0.820. The largest absolute Gasteiger partial charge is 0.481 e. The maximum atomic E-state index is 12.2. The van der Waals surface area contributed by atoms with Crippen molar-refractivity contribution in [1.29, 1.82) is 0 Å². The molecule has 1 atom stereocenters. The smallest absolute Gasteiger partial charge is 0.308 e. The Morgan fingerprint density at radius 1 is 1.20 bits per heavy atom. The minimum absolute atomic E-state index is 0.154. The second-order valence-electron chi connectivity index (χ2n) is 5.12. The van der Waals surface area contributed by atoms with Crippen molar-refractivity contribution >= 4 is 23.6 Å². The number of nitrogens with zero attached hydrogens (tertiary/aromatic N) is 1. The molecule has 0 aliphatic carbocycles. The first-order chi connectivity index (χ1) is 9.31. The van der Waals surface area contributed by atoms with Crippen LogP contribution in [0.3, 0.4) is 0 Å². The van der Waals surface area contributed by atoms with Crippen molar-refractivity contribution in [1.82, 2.24) is 4.90 Å². The van der Waals surface area contributed by atoms with Gasteiger partial charge in [0.05, 0.1) is 5.92 Å². The summed E-state index contributed by atoms with van der Waals surface area (Å²) in [4.78, 5) is 25.5. The van der Waals surface area contributed by atoms with E-state index in [4.69, 9.17) is 5.11 Å². The SMILES string of the molecule is CC(C)Sc1ccc(C(=O)N(C)CC(C)C(=O)O)cc1. The molecule has 1 unspecified atom stereocenters. The van der Waals surface area contributed by atoms with Crippen LogP contribution >= 0.6 is 11.8 Å². The van der Waals surface area contributed by atoms with Gasteiger partial charge in [0.2, 0.25) is 0 Å². The molecule has 0 saturated heterocycles. The summed E-state index contributed by atoms with van der Waals surface area (Å²) in [6.07, 6.45) is 0. The van der Waals surface area contributed by atoms with Gasteiger partial charge in [-0.25, -0.2) is 0 Å². The van der Waals surface area contributed by atoms with Crippen LogP contribution in [0.5, 0.6) is 0 Å². The molecule has 1 aromatic carbocycles. The van der Waals surface area contributed by atoms with Crippen molar-refractivity contribution in [3.8, 4) is 0 Å². The zero-order valence-corrected chi connectivity index (χ0v) is 13.1. The zero-order chi connectivity index (χ0) is 15.3. The number of carbonyl (C=O) groups is 2. The fourth-order valence-corrected chi connectivity index (χ4v) is 2.58. The Kier molecular flexibility index (Phi) is 6.07. The first-order valence-corrected chi connectivity index (χ1v) is 7.44. The fourth-order valence-electron chi connectivity index (χ4n) is 1.74. The molecule has 0 aliphatic heterocycles. The molecule has 0 aromatic heterocycles. The molecule has 0 aliphatic rings. The minimum atomic E-state index is -0.895. The Labute approximate surface area is 124 Å². The normalized spacial score (nSPS) is 12.2. The van der Waals surface area contributed by atoms with E-state index in [1.165, 1.54) is 4.90 Å². The van der Waals surface area contributed by atoms with Crippen molar-refractivity contribution in [3.05, 3.63) is 29.8 Å². The number of hydrogen-bond acceptors (Lipinski definition) is 3. The summed E-state index contributed by atoms with van der Waals surface area (Å²) in [5.41, 5.74) is 0.582. The maximum absolute atomic E-state index is 12.2. The van der Waals surface area contributed by atoms with E-state index in [1.807, 2.05) is 12.1 Å². The number of benzene rings is 1. The van der Waals surface area contributed by atoms with E-state index in [2.05, 4.69) is 13.8 Å². The van der Waals surface area contributed by atoms with E-state index < -0.39 is 11.9 Å². The van der Waals surface area contributed by atoms with Gasteiger partial charge in [0.1, 0.15) is 0 Å². The Balaban J connectivity index is 2.69. The van der Waals surface area contributed by atoms with Gasteiger partial charge in [0.25, 0.3) is 5.91 Å². The second-order valence-corrected chi connectivity index (χ2v) is 6.77. The number of carboxylic acids is 1. The molecule has 1 amide bonds. The molecule has 0 radical (unpaired) electrons. The van der Waals surface area contributed by atoms with Crippen LogP contribution in [-0.4, -0.2) is 40.7 Å². The number of aliphatic carboxylic acids is 1. The maximum Gasteiger partial charge on any atom is 0.308 e. The van der Waals surface area contributed by atoms with E-state index in [0.717, 1.165) is 4.90 Å². The van der Waals surface area contributed by atoms with Gasteiger partial charge < -0.3 is 10.0 Å². The molecule has 110 valence electrons. The molecule has 0 fully saturated rings. The van der Waals surface area contributed by atoms with E-state index in [1.54, 1.807) is 37.9 Å². The first-order valence-electron chi connectivity index (χ1n) is 6.56. The Morgan fingerprint density at radius 3 is 2.20 bits per heavy atom. The number of rotatable bonds is 6. The lowest BCUT2D eigenvalue weighted by atomic mass is 10.1. The van der Waals surface area contributed by atoms with Crippen LogP contribution < -0.4 is 0 Å². The van der Waals surface area contributed by atoms with Gasteiger partial charge in [-0.2, -0.15) is 0 Å². The summed E-state index contributed by atoms with van der Waals surface area (Å²) in [5, 5.41) is 9.36. The molecule has 0 bridgehead atoms. The lowest BCUT2D eigenvalue weighted by Crippen LogP contribution is -2.33. The van der Waals surface area contributed by atoms with Crippen molar-refractivity contribution in [2.75, 3.05) is 13.6 Å². The number of carbonyl (C=O) groups excluding carboxylic acids is 1. The molecule has 1 rings (SSSR count). The molecular weight excluding hydrogens is 274 g/mol. The highest BCUT2D eigenvalue weighted by molar-refractivity contribution is 7.99. The molecule has 4 nitrogen and oxygen atoms in total. The van der Waals surface area contributed by atoms with Crippen molar-refractivity contribution in [3.63, 3.8) is 0 Å². The highest BCUT2D eigenvalue weighted by Crippen LogP contribution is 2.23. The Hall–Kier alpha value is -1.49. The summed E-state index contributed by atoms with van der Waals surface area (Å²) in [5.74, 6) is -1.62. The number of amides is 1. The monoisotopic (exact) mass is 295 g/mol. The lowest BCUT2D eigenvalue weighted by molar-refractivity contribution is -0.141. The standard InChI is InChI=1S/C15H21NO3S/c1-10(2)20-13-7-5-12(6-8-13)14(17)16(4)9-11(3)15(18)19/h5-8,10-11H,9H2,1-4H3,(H,18,19). The third-order valence-electron chi connectivity index (χ3n) is 2.79. The van der Waals surface area contributed by atoms with Crippen molar-refractivity contribution < 1.29 is 14.7 Å². The van der Waals surface area contributed by atoms with Gasteiger partial charge in [-0.1, -0.05) is 20.8 Å². The van der Waals surface area contributed by atoms with Gasteiger partial charge >= 0.3 is 5.97 Å². The van der Waals surface area contributed by atoms with Crippen LogP contribution in [-0.2, 0) is 4.79 Å². The van der Waals surface area contributed by atoms with Crippen molar-refractivity contribution in [2.45, 2.75) is 30.9 Å². The van der Waals surface area contributed by atoms with Crippen molar-refractivity contribution in [2.24, 2.45) is 5.92 Å². The van der Waals surface area contributed by atoms with Crippen LogP contribution in [0.2, 0.25) is 0 Å². The van der Waals surface area contributed by atoms with E-state index in [9.17, 15) is 9.59 Å². The van der Waals surface area contributed by atoms with E-state index >= 15 is 0 Å². The molecule has 1 aromatic rings. The molecule has 5 heteroatoms. The number of hydrogen-bond donors (Lipinski definition) is 1. The van der Waals surface area contributed by atoms with E-state index in [0.29, 0.717) is 10.8 Å². The Morgan fingerprint density at radius 2 is 1.75 bits per heavy atom. The average Bonchev–Trinajstić information content (AvgIpc) is 2.37. The minimum Gasteiger partial charge on any atom is -0.481 e. The van der Waals surface area contributed by atoms with Crippen LogP contribution in [0.1, 0.15) is 31.1 Å². The van der Waals surface area contributed by atoms with E-state index in [-0.39, 0.29) is 12.5 Å². The summed E-state index contributed by atoms with van der Waals surface area (Å²) in [6, 6.07) is 7.42. The highest BCUT2D eigenvalue weighted by atomic mass is 32.2. The zero-order valence-electron chi connectivity index (χ0n) is 12.3. The Bertz CT molecular complexity index is 471. The summed E-state index contributed by atoms with van der Waals surface area (Å²) >= 11 is 1.74. The summed E-state index contributed by atoms with van der Waals surface area (Å²) in [6.45, 7) is 6.03. The molecule has 0 spiro atoms. The van der Waals surface area contributed by atoms with Crippen LogP contribution in [0.4, 0.5) is 0 Å². The number of thioether (sulfide) groups is 1. The van der Waals surface area contributed by atoms with Gasteiger partial charge in [-0.15, -0.1) is 11.8 Å². The summed E-state index contributed by atoms with van der Waals surface area (Å²) < 4.78 is 0. The fraction of sp³-hybridized carbons (Fsp3) is 0.467. The predicted octanol–water partition coefficient (Wildman–Crippen LogP) is 2.98. The van der Waals surface area contributed by atoms with Gasteiger partial charge in [-0.3, -0.25) is 9.59 Å².